The van der Waals surface area contributed by atoms with Crippen molar-refractivity contribution in [1.82, 2.24) is 10.6 Å². The molecule has 0 saturated carbocycles. The maximum absolute atomic E-state index is 12.3. The molecule has 2 rings (SSSR count). The molecule has 0 spiro atoms. The van der Waals surface area contributed by atoms with Crippen molar-refractivity contribution in [3.05, 3.63) is 205 Å². The van der Waals surface area contributed by atoms with Crippen LogP contribution in [0.5, 0.6) is 11.5 Å². The van der Waals surface area contributed by atoms with E-state index in [-0.39, 0.29) is 64.0 Å². The minimum atomic E-state index is -0.326. The number of ketones is 2. The van der Waals surface area contributed by atoms with E-state index in [1.165, 1.54) is 12.1 Å². The number of carbonyl (C=O) groups excluding carboxylic acids is 4. The highest BCUT2D eigenvalue weighted by atomic mass is 16.3. The summed E-state index contributed by atoms with van der Waals surface area (Å²) in [4.78, 5) is 49.0. The second-order valence-corrected chi connectivity index (χ2v) is 18.4. The Bertz CT molecular complexity index is 2250. The van der Waals surface area contributed by atoms with E-state index in [0.29, 0.717) is 32.1 Å². The molecule has 0 fully saturated rings. The van der Waals surface area contributed by atoms with Crippen molar-refractivity contribution in [2.45, 2.75) is 169 Å². The van der Waals surface area contributed by atoms with Crippen LogP contribution in [-0.2, 0) is 9.59 Å². The number of aromatic hydroxyl groups is 2. The summed E-state index contributed by atoms with van der Waals surface area (Å²) in [6, 6.07) is 12.6. The summed E-state index contributed by atoms with van der Waals surface area (Å²) in [6.07, 6.45) is 67.7. The Hall–Kier alpha value is -6.80. The summed E-state index contributed by atoms with van der Waals surface area (Å²) in [7, 11) is 0. The zero-order chi connectivity index (χ0) is 54.8. The molecule has 3 unspecified atom stereocenters. The number of phenols is 2. The van der Waals surface area contributed by atoms with Crippen LogP contribution in [0.2, 0.25) is 0 Å². The van der Waals surface area contributed by atoms with Gasteiger partial charge in [-0.3, -0.25) is 19.2 Å². The number of carbonyl (C=O) groups is 4. The van der Waals surface area contributed by atoms with Gasteiger partial charge >= 0.3 is 0 Å². The van der Waals surface area contributed by atoms with Crippen molar-refractivity contribution in [3.63, 3.8) is 0 Å². The Labute approximate surface area is 453 Å². The van der Waals surface area contributed by atoms with Gasteiger partial charge in [-0.05, 0) is 140 Å². The smallest absolute Gasteiger partial charge is 0.255 e. The van der Waals surface area contributed by atoms with E-state index >= 15 is 0 Å². The van der Waals surface area contributed by atoms with Crippen LogP contribution in [0.15, 0.2) is 194 Å². The molecule has 4 N–H and O–H groups in total. The van der Waals surface area contributed by atoms with E-state index in [1.54, 1.807) is 36.4 Å². The average molecular weight is 1020 g/mol. The molecule has 0 radical (unpaired) electrons. The molecule has 3 atom stereocenters. The number of phenolic OH excluding ortho intramolecular Hbond substituents is 2. The number of para-hydroxylation sites is 2. The molecule has 2 aromatic carbocycles. The molecule has 0 bridgehead atoms. The number of allylic oxidation sites excluding steroid dienone is 24. The second-order valence-electron chi connectivity index (χ2n) is 18.4. The van der Waals surface area contributed by atoms with E-state index in [0.717, 1.165) is 89.9 Å². The van der Waals surface area contributed by atoms with Crippen molar-refractivity contribution in [1.29, 1.82) is 0 Å². The first-order chi connectivity index (χ1) is 36.5. The fraction of sp³-hybridized carbons (Fsp3) is 0.403. The van der Waals surface area contributed by atoms with Crippen LogP contribution in [0, 0.1) is 5.92 Å². The number of benzene rings is 2. The van der Waals surface area contributed by atoms with Crippen LogP contribution in [0.25, 0.3) is 0 Å². The third-order valence-electron chi connectivity index (χ3n) is 11.7. The summed E-state index contributed by atoms with van der Waals surface area (Å²) in [5.41, 5.74) is 0.494. The van der Waals surface area contributed by atoms with Crippen molar-refractivity contribution in [3.8, 4) is 11.5 Å². The van der Waals surface area contributed by atoms with Crippen molar-refractivity contribution in [2.75, 3.05) is 0 Å². The first kappa shape index (κ1) is 66.2. The lowest BCUT2D eigenvalue weighted by atomic mass is 9.95. The maximum Gasteiger partial charge on any atom is 0.255 e. The number of Topliss-reactive ketones (excluding diaryl/α,β-unsaturated/α-hetero) is 2. The summed E-state index contributed by atoms with van der Waals surface area (Å²) < 4.78 is 0. The molecule has 0 saturated heterocycles. The molecule has 0 heterocycles. The molecule has 75 heavy (non-hydrogen) atoms. The molecule has 0 aliphatic heterocycles. The topological polar surface area (TPSA) is 133 Å². The van der Waals surface area contributed by atoms with Gasteiger partial charge in [-0.2, -0.15) is 0 Å². The van der Waals surface area contributed by atoms with Gasteiger partial charge in [-0.15, -0.1) is 0 Å². The molecule has 8 heteroatoms. The third-order valence-corrected chi connectivity index (χ3v) is 11.7. The van der Waals surface area contributed by atoms with Gasteiger partial charge in [-0.25, -0.2) is 0 Å². The Balaban J connectivity index is 0.000000750. The second kappa shape index (κ2) is 46.9. The number of hydrogen-bond acceptors (Lipinski definition) is 6. The maximum atomic E-state index is 12.3. The molecular weight excluding hydrogens is 929 g/mol. The van der Waals surface area contributed by atoms with Crippen LogP contribution in [0.4, 0.5) is 0 Å². The lowest BCUT2D eigenvalue weighted by Gasteiger charge is -2.21. The fourth-order valence-electron chi connectivity index (χ4n) is 7.04. The molecular formula is C67H92N2O6. The number of rotatable bonds is 38. The van der Waals surface area contributed by atoms with Gasteiger partial charge in [0.1, 0.15) is 23.1 Å². The van der Waals surface area contributed by atoms with Crippen LogP contribution in [0.1, 0.15) is 177 Å². The zero-order valence-electron chi connectivity index (χ0n) is 46.2. The van der Waals surface area contributed by atoms with E-state index in [1.807, 2.05) is 20.8 Å². The minimum Gasteiger partial charge on any atom is -0.507 e. The standard InChI is InChI=1S/C34H47NO3.C33H45NO3/c1-4-5-6-7-8-9-10-11-12-13-14-15-16-17-18-19-20-21-22-25-31(36)28-29(2)30(3)35-34(38)32-26-23-24-27-33(32)37;1-3-4-5-6-7-8-9-10-11-12-13-14-15-16-17-18-19-20-21-24-30(35)28-27-29(2)34-33(37)31-25-22-23-26-32(31)36/h5-6,8-9,11-12,14-15,17-18,20-21,23-24,26-27,29-30,37H,4,7,10,13,16,19,22,25,28H2,1-3H3,(H,35,38);4-5,7-8,10-11,13-14,16-17,19-20,22-23,25-26,29,36H,3,6,9,12,15,18,21,24,27-28H2,1-2H3,(H,34,37)/b6-5-,9-8-,12-11-,15-14-,18-17-,21-20-;5-4-,8-7-,11-10-,14-13-,17-16-,20-19-. The van der Waals surface area contributed by atoms with Gasteiger partial charge in [0.05, 0.1) is 11.1 Å². The Morgan fingerprint density at radius 2 is 0.720 bits per heavy atom. The first-order valence-electron chi connectivity index (χ1n) is 27.5. The molecule has 0 aliphatic rings. The lowest BCUT2D eigenvalue weighted by molar-refractivity contribution is -0.120. The molecule has 406 valence electrons. The quantitative estimate of drug-likeness (QED) is 0.0495. The first-order valence-corrected chi connectivity index (χ1v) is 27.5. The van der Waals surface area contributed by atoms with Gasteiger partial charge in [-0.1, -0.05) is 191 Å². The summed E-state index contributed by atoms with van der Waals surface area (Å²) in [5.74, 6) is -0.327. The van der Waals surface area contributed by atoms with Crippen molar-refractivity contribution >= 4 is 23.4 Å². The predicted molar refractivity (Wildman–Crippen MR) is 318 cm³/mol. The van der Waals surface area contributed by atoms with E-state index < -0.39 is 0 Å². The highest BCUT2D eigenvalue weighted by molar-refractivity contribution is 5.97. The fourth-order valence-corrected chi connectivity index (χ4v) is 7.04. The average Bonchev–Trinajstić information content (AvgIpc) is 3.39. The summed E-state index contributed by atoms with van der Waals surface area (Å²) in [5, 5.41) is 25.3. The number of nitrogens with one attached hydrogen (secondary N) is 2. The highest BCUT2D eigenvalue weighted by Gasteiger charge is 2.20. The summed E-state index contributed by atoms with van der Waals surface area (Å²) in [6.45, 7) is 10.0. The normalized spacial score (nSPS) is 13.7. The Morgan fingerprint density at radius 3 is 1.07 bits per heavy atom. The largest absolute Gasteiger partial charge is 0.507 e. The molecule has 2 amide bonds. The SMILES string of the molecule is CC/C=C\C/C=C\C/C=C\C/C=C\C/C=C\C/C=C\CCC(=O)CC(C)C(C)NC(=O)c1ccccc1O.CC/C=C\C/C=C\C/C=C\C/C=C\C/C=C\C/C=C\CCC(=O)CCC(C)NC(=O)c1ccccc1O. The molecule has 0 aromatic heterocycles. The molecule has 8 nitrogen and oxygen atoms in total. The van der Waals surface area contributed by atoms with Crippen molar-refractivity contribution < 1.29 is 29.4 Å². The highest BCUT2D eigenvalue weighted by Crippen LogP contribution is 2.18. The van der Waals surface area contributed by atoms with Gasteiger partial charge in [0, 0.05) is 37.8 Å². The number of amides is 2. The van der Waals surface area contributed by atoms with Gasteiger partial charge < -0.3 is 20.8 Å². The van der Waals surface area contributed by atoms with Crippen molar-refractivity contribution in [2.24, 2.45) is 5.92 Å². The van der Waals surface area contributed by atoms with E-state index in [9.17, 15) is 29.4 Å². The Kier molecular flexibility index (Phi) is 41.5. The van der Waals surface area contributed by atoms with E-state index in [2.05, 4.69) is 170 Å². The lowest BCUT2D eigenvalue weighted by Crippen LogP contribution is -2.37. The van der Waals surface area contributed by atoms with Crippen LogP contribution in [-0.4, -0.2) is 45.7 Å². The van der Waals surface area contributed by atoms with E-state index in [4.69, 9.17) is 0 Å². The molecule has 0 aliphatic carbocycles. The van der Waals surface area contributed by atoms with Crippen LogP contribution in [0.3, 0.4) is 0 Å². The minimum absolute atomic E-state index is 0.0163. The monoisotopic (exact) mass is 1020 g/mol. The van der Waals surface area contributed by atoms with Gasteiger partial charge in [0.15, 0.2) is 0 Å². The van der Waals surface area contributed by atoms with Gasteiger partial charge in [0.25, 0.3) is 11.8 Å². The summed E-state index contributed by atoms with van der Waals surface area (Å²) >= 11 is 0. The molecule has 2 aromatic rings. The number of hydrogen-bond donors (Lipinski definition) is 4. The van der Waals surface area contributed by atoms with Gasteiger partial charge in [0.2, 0.25) is 0 Å². The van der Waals surface area contributed by atoms with Crippen LogP contribution < -0.4 is 10.6 Å². The third kappa shape index (κ3) is 38.4. The predicted octanol–water partition coefficient (Wildman–Crippen LogP) is 16.9. The Morgan fingerprint density at radius 1 is 0.413 bits per heavy atom. The van der Waals surface area contributed by atoms with Crippen LogP contribution >= 0.6 is 0 Å². The zero-order valence-corrected chi connectivity index (χ0v) is 46.2.